The topological polar surface area (TPSA) is 83.6 Å². The van der Waals surface area contributed by atoms with Crippen molar-refractivity contribution in [3.8, 4) is 0 Å². The number of benzene rings is 2. The molecule has 0 spiro atoms. The molecule has 4 unspecified atom stereocenters. The predicted molar refractivity (Wildman–Crippen MR) is 162 cm³/mol. The number of nitrogens with zero attached hydrogens (tertiary/aromatic N) is 3. The molecule has 0 saturated carbocycles. The van der Waals surface area contributed by atoms with Crippen molar-refractivity contribution in [1.29, 1.82) is 0 Å². The Morgan fingerprint density at radius 1 is 0.977 bits per heavy atom. The van der Waals surface area contributed by atoms with Gasteiger partial charge < -0.3 is 24.4 Å². The molecule has 11 heteroatoms. The summed E-state index contributed by atoms with van der Waals surface area (Å²) in [6.07, 6.45) is 3.29. The first-order valence-corrected chi connectivity index (χ1v) is 16.0. The van der Waals surface area contributed by atoms with Crippen molar-refractivity contribution in [1.82, 2.24) is 15.1 Å². The minimum atomic E-state index is -1.06. The Hall–Kier alpha value is -3.28. The van der Waals surface area contributed by atoms with E-state index in [1.165, 1.54) is 11.8 Å². The zero-order valence-corrected chi connectivity index (χ0v) is 25.6. The van der Waals surface area contributed by atoms with E-state index in [0.717, 1.165) is 68.8 Å². The van der Waals surface area contributed by atoms with Gasteiger partial charge in [-0.1, -0.05) is 38.1 Å². The summed E-state index contributed by atoms with van der Waals surface area (Å²) >= 11 is 0. The third-order valence-corrected chi connectivity index (χ3v) is 8.82. The Morgan fingerprint density at radius 3 is 2.45 bits per heavy atom. The Kier molecular flexibility index (Phi) is 11.1. The summed E-state index contributed by atoms with van der Waals surface area (Å²) in [5, 5.41) is 3.01. The van der Waals surface area contributed by atoms with E-state index in [1.807, 2.05) is 19.9 Å². The van der Waals surface area contributed by atoms with Crippen molar-refractivity contribution >= 4 is 17.8 Å². The van der Waals surface area contributed by atoms with Gasteiger partial charge in [0.1, 0.15) is 6.04 Å². The van der Waals surface area contributed by atoms with Gasteiger partial charge >= 0.3 is 12.1 Å². The molecule has 1 N–H and O–H groups in total. The van der Waals surface area contributed by atoms with Crippen LogP contribution in [0.15, 0.2) is 48.5 Å². The van der Waals surface area contributed by atoms with E-state index in [-0.39, 0.29) is 18.2 Å². The maximum atomic E-state index is 14.3. The van der Waals surface area contributed by atoms with Crippen LogP contribution in [0.3, 0.4) is 0 Å². The van der Waals surface area contributed by atoms with Crippen LogP contribution >= 0.6 is 0 Å². The first kappa shape index (κ1) is 32.1. The van der Waals surface area contributed by atoms with Gasteiger partial charge in [0.15, 0.2) is 24.0 Å². The molecular weight excluding hydrogens is 570 g/mol. The molecule has 4 saturated heterocycles. The summed E-state index contributed by atoms with van der Waals surface area (Å²) in [6.45, 7) is 8.05. The number of hydrogen-bond acceptors (Lipinski definition) is 7. The molecule has 0 radical (unpaired) electrons. The zero-order valence-electron chi connectivity index (χ0n) is 25.6. The SMILES string of the molecule is CC.O=C(NC1CCN(C2CCN(c3ccccc3)CC2)C1)N1C(=O)OC(COC2CCCCO2)C1c1ccc(F)c(F)c1. The van der Waals surface area contributed by atoms with Crippen LogP contribution in [0.2, 0.25) is 0 Å². The lowest BCUT2D eigenvalue weighted by atomic mass is 10.0. The van der Waals surface area contributed by atoms with Gasteiger partial charge in [-0.25, -0.2) is 23.3 Å². The average Bonchev–Trinajstić information content (AvgIpc) is 3.67. The van der Waals surface area contributed by atoms with Gasteiger partial charge in [-0.15, -0.1) is 0 Å². The lowest BCUT2D eigenvalue weighted by Gasteiger charge is -2.38. The number of halogens is 2. The number of imide groups is 1. The second-order valence-corrected chi connectivity index (χ2v) is 11.5. The van der Waals surface area contributed by atoms with Crippen LogP contribution in [-0.2, 0) is 14.2 Å². The van der Waals surface area contributed by atoms with Crippen LogP contribution in [0.4, 0.5) is 24.1 Å². The zero-order chi connectivity index (χ0) is 31.1. The van der Waals surface area contributed by atoms with Gasteiger partial charge in [-0.05, 0) is 68.4 Å². The third kappa shape index (κ3) is 7.50. The summed E-state index contributed by atoms with van der Waals surface area (Å²) in [4.78, 5) is 32.4. The molecular formula is C33H44F2N4O5. The molecule has 9 nitrogen and oxygen atoms in total. The minimum Gasteiger partial charge on any atom is -0.441 e. The molecule has 4 fully saturated rings. The normalized spacial score (nSPS) is 26.2. The molecule has 4 aliphatic heterocycles. The van der Waals surface area contributed by atoms with E-state index >= 15 is 0 Å². The fourth-order valence-electron chi connectivity index (χ4n) is 6.58. The number of anilines is 1. The molecule has 2 aromatic rings. The molecule has 2 aromatic carbocycles. The maximum Gasteiger partial charge on any atom is 0.419 e. The van der Waals surface area contributed by atoms with Crippen LogP contribution in [0.5, 0.6) is 0 Å². The van der Waals surface area contributed by atoms with Gasteiger partial charge in [-0.2, -0.15) is 0 Å². The number of ether oxygens (including phenoxy) is 3. The molecule has 0 aromatic heterocycles. The Bertz CT molecular complexity index is 1240. The van der Waals surface area contributed by atoms with Gasteiger partial charge in [0, 0.05) is 50.6 Å². The maximum absolute atomic E-state index is 14.3. The van der Waals surface area contributed by atoms with Crippen LogP contribution in [-0.4, -0.2) is 85.8 Å². The highest BCUT2D eigenvalue weighted by Crippen LogP contribution is 2.35. The minimum absolute atomic E-state index is 0.0390. The van der Waals surface area contributed by atoms with E-state index in [0.29, 0.717) is 25.6 Å². The average molecular weight is 615 g/mol. The van der Waals surface area contributed by atoms with E-state index in [9.17, 15) is 18.4 Å². The Morgan fingerprint density at radius 2 is 1.75 bits per heavy atom. The number of carbonyl (C=O) groups is 2. The number of urea groups is 1. The highest BCUT2D eigenvalue weighted by atomic mass is 19.2. The van der Waals surface area contributed by atoms with Crippen molar-refractivity contribution in [2.24, 2.45) is 0 Å². The van der Waals surface area contributed by atoms with Crippen molar-refractivity contribution in [2.75, 3.05) is 44.3 Å². The number of para-hydroxylation sites is 1. The molecule has 44 heavy (non-hydrogen) atoms. The Labute approximate surface area is 258 Å². The second-order valence-electron chi connectivity index (χ2n) is 11.5. The number of piperidine rings is 1. The number of amides is 3. The predicted octanol–water partition coefficient (Wildman–Crippen LogP) is 5.85. The largest absolute Gasteiger partial charge is 0.441 e. The molecule has 0 aliphatic carbocycles. The van der Waals surface area contributed by atoms with Crippen LogP contribution in [0.1, 0.15) is 64.0 Å². The number of nitrogens with one attached hydrogen (secondary N) is 1. The summed E-state index contributed by atoms with van der Waals surface area (Å²) < 4.78 is 45.1. The molecule has 4 atom stereocenters. The first-order chi connectivity index (χ1) is 21.5. The molecule has 6 rings (SSSR count). The standard InChI is InChI=1S/C31H38F2N4O5.C2H6/c32-25-10-9-21(18-26(25)33)29-27(20-41-28-8-4-5-17-40-28)42-31(39)37(29)30(38)34-22-11-14-36(19-22)24-12-15-35(16-13-24)23-6-2-1-3-7-23;1-2/h1-3,6-7,9-10,18,22,24,27-29H,4-5,8,11-17,19-20H2,(H,34,38);1-2H3. The molecule has 240 valence electrons. The summed E-state index contributed by atoms with van der Waals surface area (Å²) in [7, 11) is 0. The van der Waals surface area contributed by atoms with Crippen LogP contribution in [0.25, 0.3) is 0 Å². The first-order valence-electron chi connectivity index (χ1n) is 16.0. The summed E-state index contributed by atoms with van der Waals surface area (Å²) in [6, 6.07) is 12.5. The number of hydrogen-bond donors (Lipinski definition) is 1. The lowest BCUT2D eigenvalue weighted by molar-refractivity contribution is -0.174. The Balaban J connectivity index is 0.00000188. The fraction of sp³-hybridized carbons (Fsp3) is 0.576. The molecule has 4 aliphatic rings. The smallest absolute Gasteiger partial charge is 0.419 e. The van der Waals surface area contributed by atoms with Crippen molar-refractivity contribution in [3.63, 3.8) is 0 Å². The van der Waals surface area contributed by atoms with Crippen molar-refractivity contribution in [2.45, 2.75) is 82.9 Å². The number of carbonyl (C=O) groups excluding carboxylic acids is 2. The highest BCUT2D eigenvalue weighted by Gasteiger charge is 2.48. The molecule has 4 heterocycles. The quantitative estimate of drug-likeness (QED) is 0.419. The summed E-state index contributed by atoms with van der Waals surface area (Å²) in [5.74, 6) is -2.07. The van der Waals surface area contributed by atoms with E-state index in [4.69, 9.17) is 14.2 Å². The van der Waals surface area contributed by atoms with Crippen LogP contribution < -0.4 is 10.2 Å². The van der Waals surface area contributed by atoms with E-state index in [2.05, 4.69) is 39.4 Å². The lowest BCUT2D eigenvalue weighted by Crippen LogP contribution is -2.49. The van der Waals surface area contributed by atoms with E-state index in [1.54, 1.807) is 0 Å². The fourth-order valence-corrected chi connectivity index (χ4v) is 6.58. The van der Waals surface area contributed by atoms with Gasteiger partial charge in [-0.3, -0.25) is 4.90 Å². The number of cyclic esters (lactones) is 1. The van der Waals surface area contributed by atoms with Crippen molar-refractivity contribution in [3.05, 3.63) is 65.7 Å². The van der Waals surface area contributed by atoms with Crippen LogP contribution in [0, 0.1) is 11.6 Å². The van der Waals surface area contributed by atoms with E-state index < -0.39 is 42.2 Å². The second kappa shape index (κ2) is 15.1. The summed E-state index contributed by atoms with van der Waals surface area (Å²) in [5.41, 5.74) is 1.50. The highest BCUT2D eigenvalue weighted by molar-refractivity contribution is 5.93. The molecule has 0 bridgehead atoms. The van der Waals surface area contributed by atoms with Crippen molar-refractivity contribution < 1.29 is 32.6 Å². The third-order valence-electron chi connectivity index (χ3n) is 8.82. The number of rotatable bonds is 7. The van der Waals surface area contributed by atoms with Gasteiger partial charge in [0.05, 0.1) is 6.61 Å². The van der Waals surface area contributed by atoms with Gasteiger partial charge in [0.25, 0.3) is 0 Å². The monoisotopic (exact) mass is 614 g/mol. The van der Waals surface area contributed by atoms with Gasteiger partial charge in [0.2, 0.25) is 0 Å². The number of likely N-dealkylation sites (tertiary alicyclic amines) is 1. The molecule has 3 amide bonds.